The van der Waals surface area contributed by atoms with Crippen LogP contribution in [0.4, 0.5) is 24.5 Å². The van der Waals surface area contributed by atoms with Gasteiger partial charge in [-0.25, -0.2) is 4.90 Å². The number of aryl methyl sites for hydroxylation is 2. The number of carbonyl (C=O) groups excluding carboxylic acids is 3. The molecule has 2 saturated heterocycles. The summed E-state index contributed by atoms with van der Waals surface area (Å²) in [5, 5.41) is 2.96. The molecule has 2 aromatic carbocycles. The molecule has 1 atom stereocenters. The molecule has 4 rings (SSSR count). The number of benzene rings is 2. The second-order valence-electron chi connectivity index (χ2n) is 8.96. The summed E-state index contributed by atoms with van der Waals surface area (Å²) >= 11 is 0. The van der Waals surface area contributed by atoms with Gasteiger partial charge < -0.3 is 5.32 Å². The Balaban J connectivity index is 1.35. The van der Waals surface area contributed by atoms with Crippen LogP contribution in [0.5, 0.6) is 0 Å². The molecule has 2 aliphatic rings. The smallest absolute Gasteiger partial charge is 0.324 e. The summed E-state index contributed by atoms with van der Waals surface area (Å²) < 4.78 is 39.2. The monoisotopic (exact) mass is 488 g/mol. The zero-order valence-electron chi connectivity index (χ0n) is 19.6. The van der Waals surface area contributed by atoms with Gasteiger partial charge in [0.05, 0.1) is 30.3 Å². The van der Waals surface area contributed by atoms with Gasteiger partial charge in [0, 0.05) is 31.9 Å². The average molecular weight is 489 g/mol. The molecule has 1 N–H and O–H groups in total. The van der Waals surface area contributed by atoms with E-state index in [-0.39, 0.29) is 24.6 Å². The summed E-state index contributed by atoms with van der Waals surface area (Å²) in [6.07, 6.45) is -4.65. The Labute approximate surface area is 201 Å². The average Bonchev–Trinajstić information content (AvgIpc) is 3.10. The third kappa shape index (κ3) is 5.38. The summed E-state index contributed by atoms with van der Waals surface area (Å²) in [6.45, 7) is 6.07. The van der Waals surface area contributed by atoms with Crippen LogP contribution in [0, 0.1) is 13.8 Å². The van der Waals surface area contributed by atoms with Crippen LogP contribution in [0.3, 0.4) is 0 Å². The molecule has 0 radical (unpaired) electrons. The predicted molar refractivity (Wildman–Crippen MR) is 125 cm³/mol. The maximum atomic E-state index is 13.1. The minimum Gasteiger partial charge on any atom is -0.324 e. The number of amides is 3. The Bertz CT molecular complexity index is 1120. The van der Waals surface area contributed by atoms with Crippen molar-refractivity contribution in [1.29, 1.82) is 0 Å². The number of hydrogen-bond donors (Lipinski definition) is 1. The Morgan fingerprint density at radius 2 is 1.63 bits per heavy atom. The SMILES string of the molecule is Cc1cccc(C)c1NC(=O)CN1CCN(C2CC(=O)N(c3cccc(C(F)(F)F)c3)C2=O)CC1. The molecule has 186 valence electrons. The maximum Gasteiger partial charge on any atom is 0.416 e. The second-order valence-corrected chi connectivity index (χ2v) is 8.96. The van der Waals surface area contributed by atoms with Crippen molar-refractivity contribution in [3.63, 3.8) is 0 Å². The number of rotatable bonds is 5. The fraction of sp³-hybridized carbons (Fsp3) is 0.400. The van der Waals surface area contributed by atoms with E-state index in [1.54, 1.807) is 0 Å². The van der Waals surface area contributed by atoms with Crippen LogP contribution in [0.1, 0.15) is 23.1 Å². The van der Waals surface area contributed by atoms with E-state index in [0.717, 1.165) is 33.8 Å². The molecule has 1 unspecified atom stereocenters. The second kappa shape index (κ2) is 9.79. The lowest BCUT2D eigenvalue weighted by Crippen LogP contribution is -2.53. The molecule has 2 fully saturated rings. The first-order chi connectivity index (χ1) is 16.5. The first kappa shape index (κ1) is 24.9. The number of imide groups is 1. The van der Waals surface area contributed by atoms with Gasteiger partial charge in [0.25, 0.3) is 5.91 Å². The predicted octanol–water partition coefficient (Wildman–Crippen LogP) is 3.21. The number of alkyl halides is 3. The number of nitrogens with zero attached hydrogens (tertiary/aromatic N) is 3. The fourth-order valence-corrected chi connectivity index (χ4v) is 4.62. The summed E-state index contributed by atoms with van der Waals surface area (Å²) in [7, 11) is 0. The lowest BCUT2D eigenvalue weighted by atomic mass is 10.1. The normalized spacial score (nSPS) is 19.9. The molecule has 2 aliphatic heterocycles. The summed E-state index contributed by atoms with van der Waals surface area (Å²) in [4.78, 5) is 42.8. The lowest BCUT2D eigenvalue weighted by molar-refractivity contribution is -0.137. The third-order valence-corrected chi connectivity index (χ3v) is 6.51. The van der Waals surface area contributed by atoms with Gasteiger partial charge >= 0.3 is 6.18 Å². The number of nitrogens with one attached hydrogen (secondary N) is 1. The quantitative estimate of drug-likeness (QED) is 0.655. The topological polar surface area (TPSA) is 73.0 Å². The number of hydrogen-bond acceptors (Lipinski definition) is 5. The van der Waals surface area contributed by atoms with Gasteiger partial charge in [0.1, 0.15) is 0 Å². The number of para-hydroxylation sites is 1. The minimum absolute atomic E-state index is 0.0702. The number of halogens is 3. The molecule has 0 aliphatic carbocycles. The largest absolute Gasteiger partial charge is 0.416 e. The van der Waals surface area contributed by atoms with Crippen LogP contribution in [0.25, 0.3) is 0 Å². The lowest BCUT2D eigenvalue weighted by Gasteiger charge is -2.36. The van der Waals surface area contributed by atoms with Gasteiger partial charge in [-0.05, 0) is 43.2 Å². The van der Waals surface area contributed by atoms with Crippen molar-refractivity contribution in [2.24, 2.45) is 0 Å². The molecule has 3 amide bonds. The highest BCUT2D eigenvalue weighted by Gasteiger charge is 2.44. The Morgan fingerprint density at radius 3 is 2.26 bits per heavy atom. The van der Waals surface area contributed by atoms with Gasteiger partial charge in [0.15, 0.2) is 0 Å². The third-order valence-electron chi connectivity index (χ3n) is 6.51. The van der Waals surface area contributed by atoms with Crippen molar-refractivity contribution in [2.45, 2.75) is 32.5 Å². The fourth-order valence-electron chi connectivity index (χ4n) is 4.62. The Hall–Kier alpha value is -3.24. The van der Waals surface area contributed by atoms with E-state index in [1.807, 2.05) is 41.8 Å². The van der Waals surface area contributed by atoms with Crippen molar-refractivity contribution in [3.8, 4) is 0 Å². The van der Waals surface area contributed by atoms with Crippen LogP contribution < -0.4 is 10.2 Å². The van der Waals surface area contributed by atoms with E-state index >= 15 is 0 Å². The summed E-state index contributed by atoms with van der Waals surface area (Å²) in [6, 6.07) is 9.33. The first-order valence-electron chi connectivity index (χ1n) is 11.4. The zero-order chi connectivity index (χ0) is 25.3. The number of carbonyl (C=O) groups is 3. The number of piperazine rings is 1. The van der Waals surface area contributed by atoms with Crippen molar-refractivity contribution in [3.05, 3.63) is 59.2 Å². The highest BCUT2D eigenvalue weighted by molar-refractivity contribution is 6.22. The molecule has 0 bridgehead atoms. The summed E-state index contributed by atoms with van der Waals surface area (Å²) in [5.41, 5.74) is 1.79. The molecule has 7 nitrogen and oxygen atoms in total. The van der Waals surface area contributed by atoms with E-state index in [1.165, 1.54) is 12.1 Å². The highest BCUT2D eigenvalue weighted by atomic mass is 19.4. The van der Waals surface area contributed by atoms with Gasteiger partial charge in [-0.2, -0.15) is 13.2 Å². The Kier molecular flexibility index (Phi) is 6.95. The molecule has 0 saturated carbocycles. The summed E-state index contributed by atoms with van der Waals surface area (Å²) in [5.74, 6) is -1.16. The van der Waals surface area contributed by atoms with E-state index in [4.69, 9.17) is 0 Å². The van der Waals surface area contributed by atoms with Crippen LogP contribution >= 0.6 is 0 Å². The Morgan fingerprint density at radius 1 is 1.00 bits per heavy atom. The van der Waals surface area contributed by atoms with Gasteiger partial charge in [0.2, 0.25) is 11.8 Å². The van der Waals surface area contributed by atoms with Crippen molar-refractivity contribution in [2.75, 3.05) is 42.9 Å². The van der Waals surface area contributed by atoms with Crippen LogP contribution in [0.15, 0.2) is 42.5 Å². The molecule has 2 aromatic rings. The van der Waals surface area contributed by atoms with Gasteiger partial charge in [-0.1, -0.05) is 24.3 Å². The molecule has 0 aromatic heterocycles. The zero-order valence-corrected chi connectivity index (χ0v) is 19.6. The molecule has 10 heteroatoms. The van der Waals surface area contributed by atoms with E-state index < -0.39 is 29.6 Å². The van der Waals surface area contributed by atoms with Crippen LogP contribution in [-0.4, -0.2) is 66.3 Å². The van der Waals surface area contributed by atoms with Gasteiger partial charge in [-0.15, -0.1) is 0 Å². The van der Waals surface area contributed by atoms with Crippen molar-refractivity contribution in [1.82, 2.24) is 9.80 Å². The van der Waals surface area contributed by atoms with E-state index in [0.29, 0.717) is 26.2 Å². The molecule has 35 heavy (non-hydrogen) atoms. The van der Waals surface area contributed by atoms with E-state index in [2.05, 4.69) is 5.32 Å². The number of anilines is 2. The van der Waals surface area contributed by atoms with Crippen molar-refractivity contribution < 1.29 is 27.6 Å². The highest BCUT2D eigenvalue weighted by Crippen LogP contribution is 2.33. The molecular weight excluding hydrogens is 461 g/mol. The minimum atomic E-state index is -4.57. The molecule has 0 spiro atoms. The van der Waals surface area contributed by atoms with Crippen molar-refractivity contribution >= 4 is 29.1 Å². The first-order valence-corrected chi connectivity index (χ1v) is 11.4. The van der Waals surface area contributed by atoms with Crippen LogP contribution in [-0.2, 0) is 20.6 Å². The molecular formula is C25H27F3N4O3. The van der Waals surface area contributed by atoms with Crippen LogP contribution in [0.2, 0.25) is 0 Å². The standard InChI is InChI=1S/C25H27F3N4O3/c1-16-5-3-6-17(2)23(16)29-21(33)15-30-9-11-31(12-10-30)20-14-22(34)32(24(20)35)19-8-4-7-18(13-19)25(26,27)28/h3-8,13,20H,9-12,14-15H2,1-2H3,(H,29,33). The van der Waals surface area contributed by atoms with E-state index in [9.17, 15) is 27.6 Å². The maximum absolute atomic E-state index is 13.1. The van der Waals surface area contributed by atoms with Gasteiger partial charge in [-0.3, -0.25) is 24.2 Å². The molecule has 2 heterocycles.